The zero-order chi connectivity index (χ0) is 14.7. The number of carboxylic acids is 1. The van der Waals surface area contributed by atoms with E-state index in [0.29, 0.717) is 32.5 Å². The fourth-order valence-electron chi connectivity index (χ4n) is 3.15. The Labute approximate surface area is 119 Å². The van der Waals surface area contributed by atoms with Crippen LogP contribution in [0.4, 0.5) is 0 Å². The lowest BCUT2D eigenvalue weighted by atomic mass is 9.87. The Morgan fingerprint density at radius 1 is 1.35 bits per heavy atom. The van der Waals surface area contributed by atoms with Crippen LogP contribution in [-0.4, -0.2) is 72.7 Å². The predicted molar refractivity (Wildman–Crippen MR) is 73.4 cm³/mol. The monoisotopic (exact) mass is 284 g/mol. The number of likely N-dealkylation sites (tertiary alicyclic amines) is 1. The van der Waals surface area contributed by atoms with Crippen molar-refractivity contribution in [2.24, 2.45) is 5.92 Å². The standard InChI is InChI=1S/C14H24N2O4/c1-15(2)9-13(17)16-6-5-10(14(18)19)8-11(16)12-4-3-7-20-12/h10-12H,3-9H2,1-2H3,(H,18,19). The summed E-state index contributed by atoms with van der Waals surface area (Å²) < 4.78 is 5.71. The van der Waals surface area contributed by atoms with Gasteiger partial charge in [-0.15, -0.1) is 0 Å². The van der Waals surface area contributed by atoms with Gasteiger partial charge in [-0.25, -0.2) is 0 Å². The zero-order valence-electron chi connectivity index (χ0n) is 12.2. The molecule has 0 aromatic carbocycles. The summed E-state index contributed by atoms with van der Waals surface area (Å²) in [5.41, 5.74) is 0. The Morgan fingerprint density at radius 3 is 2.65 bits per heavy atom. The summed E-state index contributed by atoms with van der Waals surface area (Å²) in [6, 6.07) is -0.0835. The van der Waals surface area contributed by atoms with Crippen molar-refractivity contribution in [2.45, 2.75) is 37.8 Å². The molecule has 1 amide bonds. The van der Waals surface area contributed by atoms with Crippen molar-refractivity contribution >= 4 is 11.9 Å². The van der Waals surface area contributed by atoms with E-state index in [4.69, 9.17) is 4.74 Å². The maximum absolute atomic E-state index is 12.3. The first kappa shape index (κ1) is 15.3. The average molecular weight is 284 g/mol. The third kappa shape index (κ3) is 3.49. The second-order valence-electron chi connectivity index (χ2n) is 6.00. The lowest BCUT2D eigenvalue weighted by Gasteiger charge is -2.41. The molecule has 2 aliphatic rings. The SMILES string of the molecule is CN(C)CC(=O)N1CCC(C(=O)O)CC1C1CCCO1. The molecule has 3 atom stereocenters. The highest BCUT2D eigenvalue weighted by atomic mass is 16.5. The second kappa shape index (κ2) is 6.54. The molecule has 2 fully saturated rings. The van der Waals surface area contributed by atoms with Gasteiger partial charge in [0.25, 0.3) is 0 Å². The van der Waals surface area contributed by atoms with Crippen molar-refractivity contribution in [3.63, 3.8) is 0 Å². The van der Waals surface area contributed by atoms with Crippen LogP contribution in [0.2, 0.25) is 0 Å². The number of amides is 1. The van der Waals surface area contributed by atoms with E-state index in [1.807, 2.05) is 23.9 Å². The van der Waals surface area contributed by atoms with Crippen molar-refractivity contribution in [2.75, 3.05) is 33.8 Å². The molecule has 1 N–H and O–H groups in total. The van der Waals surface area contributed by atoms with Crippen LogP contribution >= 0.6 is 0 Å². The molecule has 6 nitrogen and oxygen atoms in total. The van der Waals surface area contributed by atoms with Crippen molar-refractivity contribution < 1.29 is 19.4 Å². The van der Waals surface area contributed by atoms with Crippen LogP contribution < -0.4 is 0 Å². The summed E-state index contributed by atoms with van der Waals surface area (Å²) in [6.45, 7) is 1.60. The third-order valence-electron chi connectivity index (χ3n) is 4.16. The zero-order valence-corrected chi connectivity index (χ0v) is 12.2. The van der Waals surface area contributed by atoms with Gasteiger partial charge in [-0.1, -0.05) is 0 Å². The summed E-state index contributed by atoms with van der Waals surface area (Å²) in [7, 11) is 3.73. The number of aliphatic carboxylic acids is 1. The minimum Gasteiger partial charge on any atom is -0.481 e. The Balaban J connectivity index is 2.08. The number of carbonyl (C=O) groups excluding carboxylic acids is 1. The van der Waals surface area contributed by atoms with Gasteiger partial charge in [0.05, 0.1) is 24.6 Å². The number of piperidine rings is 1. The van der Waals surface area contributed by atoms with Crippen LogP contribution in [0.15, 0.2) is 0 Å². The first-order valence-electron chi connectivity index (χ1n) is 7.27. The summed E-state index contributed by atoms with van der Waals surface area (Å²) >= 11 is 0. The number of carboxylic acid groups (broad SMARTS) is 1. The molecular formula is C14H24N2O4. The number of nitrogens with zero attached hydrogens (tertiary/aromatic N) is 2. The topological polar surface area (TPSA) is 70.1 Å². The summed E-state index contributed by atoms with van der Waals surface area (Å²) in [5.74, 6) is -1.04. The Hall–Kier alpha value is -1.14. The predicted octanol–water partition coefficient (Wildman–Crippen LogP) is 0.419. The minimum absolute atomic E-state index is 0.00302. The Morgan fingerprint density at radius 2 is 2.10 bits per heavy atom. The van der Waals surface area contributed by atoms with E-state index in [1.54, 1.807) is 0 Å². The smallest absolute Gasteiger partial charge is 0.306 e. The first-order valence-corrected chi connectivity index (χ1v) is 7.27. The summed E-state index contributed by atoms with van der Waals surface area (Å²) in [5, 5.41) is 9.22. The molecule has 2 saturated heterocycles. The molecule has 114 valence electrons. The number of rotatable bonds is 4. The highest BCUT2D eigenvalue weighted by molar-refractivity contribution is 5.79. The van der Waals surface area contributed by atoms with Gasteiger partial charge in [0, 0.05) is 13.2 Å². The molecule has 0 aliphatic carbocycles. The van der Waals surface area contributed by atoms with E-state index in [1.165, 1.54) is 0 Å². The molecule has 0 aromatic rings. The summed E-state index contributed by atoms with van der Waals surface area (Å²) in [6.07, 6.45) is 2.97. The van der Waals surface area contributed by atoms with Crippen molar-refractivity contribution in [3.8, 4) is 0 Å². The van der Waals surface area contributed by atoms with Crippen molar-refractivity contribution in [1.29, 1.82) is 0 Å². The fraction of sp³-hybridized carbons (Fsp3) is 0.857. The Bertz CT molecular complexity index is 366. The molecule has 2 rings (SSSR count). The highest BCUT2D eigenvalue weighted by Gasteiger charge is 2.40. The number of hydrogen-bond acceptors (Lipinski definition) is 4. The lowest BCUT2D eigenvalue weighted by molar-refractivity contribution is -0.150. The van der Waals surface area contributed by atoms with E-state index >= 15 is 0 Å². The minimum atomic E-state index is -0.757. The fourth-order valence-corrected chi connectivity index (χ4v) is 3.15. The molecule has 2 aliphatic heterocycles. The van der Waals surface area contributed by atoms with Crippen LogP contribution in [0.1, 0.15) is 25.7 Å². The number of carbonyl (C=O) groups is 2. The van der Waals surface area contributed by atoms with E-state index < -0.39 is 5.97 Å². The quantitative estimate of drug-likeness (QED) is 0.810. The van der Waals surface area contributed by atoms with Crippen molar-refractivity contribution in [3.05, 3.63) is 0 Å². The maximum atomic E-state index is 12.3. The number of ether oxygens (including phenoxy) is 1. The van der Waals surface area contributed by atoms with Crippen LogP contribution in [0.5, 0.6) is 0 Å². The molecule has 0 radical (unpaired) electrons. The molecule has 3 unspecified atom stereocenters. The average Bonchev–Trinajstić information content (AvgIpc) is 2.90. The van der Waals surface area contributed by atoms with Crippen LogP contribution in [-0.2, 0) is 14.3 Å². The molecule has 0 bridgehead atoms. The molecule has 2 heterocycles. The maximum Gasteiger partial charge on any atom is 0.306 e. The Kier molecular flexibility index (Phi) is 4.99. The van der Waals surface area contributed by atoms with E-state index in [0.717, 1.165) is 12.8 Å². The lowest BCUT2D eigenvalue weighted by Crippen LogP contribution is -2.54. The van der Waals surface area contributed by atoms with Gasteiger partial charge >= 0.3 is 5.97 Å². The molecule has 0 aromatic heterocycles. The van der Waals surface area contributed by atoms with E-state index in [-0.39, 0.29) is 24.0 Å². The highest BCUT2D eigenvalue weighted by Crippen LogP contribution is 2.30. The van der Waals surface area contributed by atoms with Gasteiger partial charge in [-0.05, 0) is 39.8 Å². The normalized spacial score (nSPS) is 30.8. The van der Waals surface area contributed by atoms with Gasteiger partial charge in [0.1, 0.15) is 0 Å². The second-order valence-corrected chi connectivity index (χ2v) is 6.00. The first-order chi connectivity index (χ1) is 9.49. The van der Waals surface area contributed by atoms with Gasteiger partial charge in [-0.2, -0.15) is 0 Å². The van der Waals surface area contributed by atoms with E-state index in [2.05, 4.69) is 0 Å². The van der Waals surface area contributed by atoms with Crippen LogP contribution in [0.25, 0.3) is 0 Å². The van der Waals surface area contributed by atoms with Gasteiger partial charge in [-0.3, -0.25) is 9.59 Å². The summed E-state index contributed by atoms with van der Waals surface area (Å²) in [4.78, 5) is 27.2. The van der Waals surface area contributed by atoms with Gasteiger partial charge < -0.3 is 19.6 Å². The van der Waals surface area contributed by atoms with E-state index in [9.17, 15) is 14.7 Å². The van der Waals surface area contributed by atoms with Gasteiger partial charge in [0.15, 0.2) is 0 Å². The molecule has 6 heteroatoms. The molecular weight excluding hydrogens is 260 g/mol. The van der Waals surface area contributed by atoms with Crippen LogP contribution in [0, 0.1) is 5.92 Å². The third-order valence-corrected chi connectivity index (χ3v) is 4.16. The molecule has 0 spiro atoms. The largest absolute Gasteiger partial charge is 0.481 e. The van der Waals surface area contributed by atoms with Gasteiger partial charge in [0.2, 0.25) is 5.91 Å². The molecule has 20 heavy (non-hydrogen) atoms. The van der Waals surface area contributed by atoms with Crippen molar-refractivity contribution in [1.82, 2.24) is 9.80 Å². The van der Waals surface area contributed by atoms with Crippen LogP contribution in [0.3, 0.4) is 0 Å². The number of hydrogen-bond donors (Lipinski definition) is 1. The number of likely N-dealkylation sites (N-methyl/N-ethyl adjacent to an activating group) is 1. The molecule has 0 saturated carbocycles.